The first-order valence-electron chi connectivity index (χ1n) is 9.68. The van der Waals surface area contributed by atoms with E-state index in [1.165, 1.54) is 15.4 Å². The number of aromatic nitrogens is 2. The van der Waals surface area contributed by atoms with Crippen LogP contribution in [0, 0.1) is 13.8 Å². The number of hydrogen-bond acceptors (Lipinski definition) is 5. The molecule has 1 aliphatic rings. The van der Waals surface area contributed by atoms with Crippen LogP contribution in [-0.4, -0.2) is 55.2 Å². The Labute approximate surface area is 170 Å². The highest BCUT2D eigenvalue weighted by atomic mass is 32.2. The number of imidazole rings is 1. The third-order valence-electron chi connectivity index (χ3n) is 5.27. The Hall–Kier alpha value is -2.42. The molecule has 0 saturated carbocycles. The molecule has 0 unspecified atom stereocenters. The third kappa shape index (κ3) is 4.14. The van der Waals surface area contributed by atoms with Crippen LogP contribution in [0.2, 0.25) is 0 Å². The molecule has 0 aliphatic carbocycles. The molecular formula is C21H25N3O4S. The summed E-state index contributed by atoms with van der Waals surface area (Å²) in [5.41, 5.74) is 4.53. The number of aryl methyl sites for hydroxylation is 2. The molecule has 1 fully saturated rings. The summed E-state index contributed by atoms with van der Waals surface area (Å²) in [7, 11) is -3.48. The average molecular weight is 416 g/mol. The van der Waals surface area contributed by atoms with E-state index in [2.05, 4.69) is 35.5 Å². The maximum absolute atomic E-state index is 12.7. The maximum atomic E-state index is 12.7. The van der Waals surface area contributed by atoms with E-state index in [0.29, 0.717) is 45.2 Å². The van der Waals surface area contributed by atoms with Crippen molar-refractivity contribution in [1.29, 1.82) is 0 Å². The van der Waals surface area contributed by atoms with Crippen LogP contribution in [0.4, 0.5) is 0 Å². The number of benzene rings is 2. The van der Waals surface area contributed by atoms with Crippen LogP contribution in [0.3, 0.4) is 0 Å². The largest absolute Gasteiger partial charge is 0.492 e. The molecule has 0 N–H and O–H groups in total. The van der Waals surface area contributed by atoms with Gasteiger partial charge in [-0.2, -0.15) is 4.31 Å². The molecule has 2 heterocycles. The van der Waals surface area contributed by atoms with Gasteiger partial charge in [-0.15, -0.1) is 0 Å². The average Bonchev–Trinajstić information content (AvgIpc) is 3.11. The number of morpholine rings is 1. The summed E-state index contributed by atoms with van der Waals surface area (Å²) in [6.07, 6.45) is 1.82. The van der Waals surface area contributed by atoms with E-state index >= 15 is 0 Å². The number of sulfonamides is 1. The second-order valence-corrected chi connectivity index (χ2v) is 9.14. The van der Waals surface area contributed by atoms with Gasteiger partial charge in [0.05, 0.1) is 42.0 Å². The van der Waals surface area contributed by atoms with Gasteiger partial charge < -0.3 is 14.0 Å². The molecule has 4 rings (SSSR count). The second-order valence-electron chi connectivity index (χ2n) is 7.20. The molecule has 1 saturated heterocycles. The predicted molar refractivity (Wildman–Crippen MR) is 111 cm³/mol. The van der Waals surface area contributed by atoms with Crippen molar-refractivity contribution in [3.05, 3.63) is 53.9 Å². The molecule has 1 aliphatic heterocycles. The smallest absolute Gasteiger partial charge is 0.243 e. The van der Waals surface area contributed by atoms with Gasteiger partial charge in [-0.1, -0.05) is 0 Å². The zero-order chi connectivity index (χ0) is 20.4. The van der Waals surface area contributed by atoms with E-state index in [9.17, 15) is 8.42 Å². The number of rotatable bonds is 6. The highest BCUT2D eigenvalue weighted by Crippen LogP contribution is 2.21. The van der Waals surface area contributed by atoms with Crippen molar-refractivity contribution < 1.29 is 17.9 Å². The van der Waals surface area contributed by atoms with Crippen molar-refractivity contribution in [3.8, 4) is 5.75 Å². The van der Waals surface area contributed by atoms with Crippen LogP contribution in [0.25, 0.3) is 11.0 Å². The minimum Gasteiger partial charge on any atom is -0.492 e. The van der Waals surface area contributed by atoms with E-state index < -0.39 is 10.0 Å². The Bertz CT molecular complexity index is 1100. The number of nitrogens with zero attached hydrogens (tertiary/aromatic N) is 3. The maximum Gasteiger partial charge on any atom is 0.243 e. The number of hydrogen-bond donors (Lipinski definition) is 0. The van der Waals surface area contributed by atoms with Crippen LogP contribution in [0.1, 0.15) is 11.1 Å². The van der Waals surface area contributed by atoms with Crippen molar-refractivity contribution in [2.45, 2.75) is 25.3 Å². The van der Waals surface area contributed by atoms with E-state index in [-0.39, 0.29) is 4.90 Å². The molecular weight excluding hydrogens is 390 g/mol. The molecule has 2 aromatic carbocycles. The van der Waals surface area contributed by atoms with Gasteiger partial charge >= 0.3 is 0 Å². The lowest BCUT2D eigenvalue weighted by atomic mass is 10.1. The van der Waals surface area contributed by atoms with Crippen molar-refractivity contribution in [1.82, 2.24) is 13.9 Å². The fourth-order valence-corrected chi connectivity index (χ4v) is 4.81. The molecule has 8 heteroatoms. The minimum atomic E-state index is -3.48. The molecule has 0 amide bonds. The van der Waals surface area contributed by atoms with Crippen molar-refractivity contribution in [2.75, 3.05) is 32.9 Å². The Morgan fingerprint density at radius 3 is 2.48 bits per heavy atom. The SMILES string of the molecule is Cc1cc2ncn(CCOc3ccc(S(=O)(=O)N4CCOCC4)cc3)c2cc1C. The fraction of sp³-hybridized carbons (Fsp3) is 0.381. The van der Waals surface area contributed by atoms with Crippen LogP contribution >= 0.6 is 0 Å². The van der Waals surface area contributed by atoms with Crippen molar-refractivity contribution in [2.24, 2.45) is 0 Å². The summed E-state index contributed by atoms with van der Waals surface area (Å²) in [4.78, 5) is 4.73. The topological polar surface area (TPSA) is 73.7 Å². The van der Waals surface area contributed by atoms with Crippen molar-refractivity contribution in [3.63, 3.8) is 0 Å². The third-order valence-corrected chi connectivity index (χ3v) is 7.18. The Kier molecular flexibility index (Phi) is 5.58. The van der Waals surface area contributed by atoms with Gasteiger partial charge in [0, 0.05) is 13.1 Å². The summed E-state index contributed by atoms with van der Waals surface area (Å²) >= 11 is 0. The zero-order valence-corrected chi connectivity index (χ0v) is 17.5. The molecule has 0 radical (unpaired) electrons. The first-order valence-corrected chi connectivity index (χ1v) is 11.1. The van der Waals surface area contributed by atoms with E-state index in [4.69, 9.17) is 9.47 Å². The summed E-state index contributed by atoms with van der Waals surface area (Å²) in [5.74, 6) is 0.641. The molecule has 0 atom stereocenters. The number of fused-ring (bicyclic) bond motifs is 1. The van der Waals surface area contributed by atoms with Crippen LogP contribution in [-0.2, 0) is 21.3 Å². The molecule has 0 spiro atoms. The van der Waals surface area contributed by atoms with Gasteiger partial charge in [-0.3, -0.25) is 0 Å². The molecule has 1 aromatic heterocycles. The highest BCUT2D eigenvalue weighted by molar-refractivity contribution is 7.89. The van der Waals surface area contributed by atoms with Gasteiger partial charge in [-0.05, 0) is 61.4 Å². The van der Waals surface area contributed by atoms with E-state index in [0.717, 1.165) is 11.0 Å². The quantitative estimate of drug-likeness (QED) is 0.619. The first-order chi connectivity index (χ1) is 13.9. The summed E-state index contributed by atoms with van der Waals surface area (Å²) < 4.78 is 39.9. The fourth-order valence-electron chi connectivity index (χ4n) is 3.40. The van der Waals surface area contributed by atoms with Gasteiger partial charge in [0.2, 0.25) is 10.0 Å². The summed E-state index contributed by atoms with van der Waals surface area (Å²) in [6.45, 7) is 6.94. The monoisotopic (exact) mass is 415 g/mol. The lowest BCUT2D eigenvalue weighted by Gasteiger charge is -2.26. The summed E-state index contributed by atoms with van der Waals surface area (Å²) in [5, 5.41) is 0. The van der Waals surface area contributed by atoms with Gasteiger partial charge in [-0.25, -0.2) is 13.4 Å². The second kappa shape index (κ2) is 8.14. The lowest BCUT2D eigenvalue weighted by molar-refractivity contribution is 0.0730. The van der Waals surface area contributed by atoms with E-state index in [1.54, 1.807) is 24.3 Å². The van der Waals surface area contributed by atoms with Crippen molar-refractivity contribution >= 4 is 21.1 Å². The van der Waals surface area contributed by atoms with Gasteiger partial charge in [0.15, 0.2) is 0 Å². The van der Waals surface area contributed by atoms with E-state index in [1.807, 2.05) is 6.33 Å². The Balaban J connectivity index is 1.39. The normalized spacial score (nSPS) is 15.7. The predicted octanol–water partition coefficient (Wildman–Crippen LogP) is 2.75. The van der Waals surface area contributed by atoms with Gasteiger partial charge in [0.25, 0.3) is 0 Å². The zero-order valence-electron chi connectivity index (χ0n) is 16.7. The van der Waals surface area contributed by atoms with Gasteiger partial charge in [0.1, 0.15) is 12.4 Å². The molecule has 3 aromatic rings. The molecule has 0 bridgehead atoms. The van der Waals surface area contributed by atoms with Crippen LogP contribution in [0.15, 0.2) is 47.6 Å². The number of ether oxygens (including phenoxy) is 2. The molecule has 7 nitrogen and oxygen atoms in total. The highest BCUT2D eigenvalue weighted by Gasteiger charge is 2.26. The lowest BCUT2D eigenvalue weighted by Crippen LogP contribution is -2.40. The van der Waals surface area contributed by atoms with Crippen LogP contribution in [0.5, 0.6) is 5.75 Å². The molecule has 29 heavy (non-hydrogen) atoms. The Morgan fingerprint density at radius 2 is 1.76 bits per heavy atom. The summed E-state index contributed by atoms with van der Waals surface area (Å²) in [6, 6.07) is 10.8. The first kappa shape index (κ1) is 19.9. The molecule has 154 valence electrons. The minimum absolute atomic E-state index is 0.276. The van der Waals surface area contributed by atoms with Crippen LogP contribution < -0.4 is 4.74 Å². The standard InChI is InChI=1S/C21H25N3O4S/c1-16-13-20-21(14-17(16)2)23(15-22-20)7-12-28-18-3-5-19(6-4-18)29(25,26)24-8-10-27-11-9-24/h3-6,13-15H,7-12H2,1-2H3. The Morgan fingerprint density at radius 1 is 1.07 bits per heavy atom.